The predicted molar refractivity (Wildman–Crippen MR) is 39.6 cm³/mol. The Morgan fingerprint density at radius 2 is 2.42 bits per heavy atom. The lowest BCUT2D eigenvalue weighted by Gasteiger charge is -2.00. The van der Waals surface area contributed by atoms with Gasteiger partial charge in [0.05, 0.1) is 0 Å². The molecule has 0 aliphatic rings. The fourth-order valence-electron chi connectivity index (χ4n) is 0.568. The molecular weight excluding hydrogens is 162 g/mol. The van der Waals surface area contributed by atoms with Gasteiger partial charge in [0.15, 0.2) is 6.61 Å². The van der Waals surface area contributed by atoms with E-state index >= 15 is 0 Å². The van der Waals surface area contributed by atoms with Crippen LogP contribution in [-0.2, 0) is 4.79 Å². The highest BCUT2D eigenvalue weighted by molar-refractivity contribution is 5.68. The van der Waals surface area contributed by atoms with Crippen LogP contribution < -0.4 is 10.5 Å². The third-order valence-corrected chi connectivity index (χ3v) is 1.01. The van der Waals surface area contributed by atoms with Crippen LogP contribution in [0, 0.1) is 0 Å². The van der Waals surface area contributed by atoms with Crippen LogP contribution in [0.4, 0.5) is 5.82 Å². The minimum Gasteiger partial charge on any atom is -0.479 e. The fraction of sp³-hybridized carbons (Fsp3) is 0.167. The van der Waals surface area contributed by atoms with Crippen molar-refractivity contribution in [2.45, 2.75) is 0 Å². The fourth-order valence-corrected chi connectivity index (χ4v) is 0.568. The normalized spacial score (nSPS) is 9.33. The van der Waals surface area contributed by atoms with E-state index in [9.17, 15) is 4.79 Å². The highest BCUT2D eigenvalue weighted by Crippen LogP contribution is 2.06. The van der Waals surface area contributed by atoms with Crippen LogP contribution in [0.25, 0.3) is 0 Å². The van der Waals surface area contributed by atoms with Crippen LogP contribution in [0.5, 0.6) is 5.88 Å². The lowest BCUT2D eigenvalue weighted by atomic mass is 10.6. The van der Waals surface area contributed by atoms with Gasteiger partial charge >= 0.3 is 5.97 Å². The topological polar surface area (TPSA) is 98.3 Å². The van der Waals surface area contributed by atoms with Crippen molar-refractivity contribution in [2.24, 2.45) is 0 Å². The number of rotatable bonds is 3. The van der Waals surface area contributed by atoms with Crippen molar-refractivity contribution in [1.82, 2.24) is 9.97 Å². The van der Waals surface area contributed by atoms with Crippen LogP contribution in [0.1, 0.15) is 0 Å². The van der Waals surface area contributed by atoms with Gasteiger partial charge in [-0.25, -0.2) is 14.8 Å². The van der Waals surface area contributed by atoms with Gasteiger partial charge in [-0.1, -0.05) is 0 Å². The van der Waals surface area contributed by atoms with Crippen LogP contribution in [0.15, 0.2) is 12.4 Å². The van der Waals surface area contributed by atoms with Gasteiger partial charge in [-0.2, -0.15) is 0 Å². The summed E-state index contributed by atoms with van der Waals surface area (Å²) in [5.74, 6) is -0.664. The maximum Gasteiger partial charge on any atom is 0.341 e. The Hall–Kier alpha value is -1.85. The summed E-state index contributed by atoms with van der Waals surface area (Å²) in [4.78, 5) is 17.3. The largest absolute Gasteiger partial charge is 0.479 e. The SMILES string of the molecule is Nc1cc(OCC(=O)O)ncn1. The number of hydrogen-bond acceptors (Lipinski definition) is 5. The molecule has 0 saturated carbocycles. The zero-order valence-electron chi connectivity index (χ0n) is 6.10. The first kappa shape index (κ1) is 8.25. The molecule has 0 radical (unpaired) electrons. The van der Waals surface area contributed by atoms with Crippen LogP contribution >= 0.6 is 0 Å². The molecule has 1 heterocycles. The van der Waals surface area contributed by atoms with Crippen molar-refractivity contribution in [1.29, 1.82) is 0 Å². The van der Waals surface area contributed by atoms with E-state index in [4.69, 9.17) is 15.6 Å². The lowest BCUT2D eigenvalue weighted by molar-refractivity contribution is -0.139. The van der Waals surface area contributed by atoms with E-state index in [0.717, 1.165) is 0 Å². The molecule has 0 amide bonds. The summed E-state index contributed by atoms with van der Waals surface area (Å²) in [5, 5.41) is 8.24. The van der Waals surface area contributed by atoms with E-state index in [-0.39, 0.29) is 11.7 Å². The highest BCUT2D eigenvalue weighted by Gasteiger charge is 2.00. The van der Waals surface area contributed by atoms with E-state index in [1.54, 1.807) is 0 Å². The third kappa shape index (κ3) is 2.41. The summed E-state index contributed by atoms with van der Waals surface area (Å²) in [5.41, 5.74) is 5.29. The Labute approximate surface area is 68.0 Å². The minimum atomic E-state index is -1.06. The van der Waals surface area contributed by atoms with Crippen molar-refractivity contribution in [3.8, 4) is 5.88 Å². The standard InChI is InChI=1S/C6H7N3O3/c7-4-1-5(9-3-8-4)12-2-6(10)11/h1,3H,2H2,(H,10,11)(H2,7,8,9). The van der Waals surface area contributed by atoms with Crippen molar-refractivity contribution in [3.63, 3.8) is 0 Å². The van der Waals surface area contributed by atoms with Crippen LogP contribution in [0.3, 0.4) is 0 Å². The number of hydrogen-bond donors (Lipinski definition) is 2. The van der Waals surface area contributed by atoms with Gasteiger partial charge in [0.25, 0.3) is 0 Å². The molecule has 0 atom stereocenters. The molecule has 0 aromatic carbocycles. The second kappa shape index (κ2) is 3.51. The van der Waals surface area contributed by atoms with Gasteiger partial charge in [0.2, 0.25) is 5.88 Å². The molecule has 12 heavy (non-hydrogen) atoms. The average molecular weight is 169 g/mol. The number of nitrogens with two attached hydrogens (primary N) is 1. The molecule has 1 aromatic heterocycles. The highest BCUT2D eigenvalue weighted by atomic mass is 16.5. The second-order valence-electron chi connectivity index (χ2n) is 1.96. The first-order valence-corrected chi connectivity index (χ1v) is 3.10. The summed E-state index contributed by atoms with van der Waals surface area (Å²) in [6, 6.07) is 1.35. The number of carbonyl (C=O) groups is 1. The van der Waals surface area contributed by atoms with E-state index in [0.29, 0.717) is 0 Å². The summed E-state index contributed by atoms with van der Waals surface area (Å²) < 4.78 is 4.72. The average Bonchev–Trinajstić information content (AvgIpc) is 2.01. The number of nitrogen functional groups attached to an aromatic ring is 1. The molecule has 0 aliphatic carbocycles. The summed E-state index contributed by atoms with van der Waals surface area (Å²) in [6.45, 7) is -0.434. The number of aliphatic carboxylic acids is 1. The molecule has 0 saturated heterocycles. The molecule has 1 rings (SSSR count). The monoisotopic (exact) mass is 169 g/mol. The van der Waals surface area contributed by atoms with Gasteiger partial charge in [0.1, 0.15) is 12.1 Å². The molecule has 64 valence electrons. The number of carboxylic acids is 1. The molecule has 0 fully saturated rings. The molecule has 0 spiro atoms. The first-order valence-electron chi connectivity index (χ1n) is 3.10. The number of ether oxygens (including phenoxy) is 1. The summed E-state index contributed by atoms with van der Waals surface area (Å²) in [7, 11) is 0. The number of carboxylic acid groups (broad SMARTS) is 1. The third-order valence-electron chi connectivity index (χ3n) is 1.01. The Morgan fingerprint density at radius 1 is 1.67 bits per heavy atom. The second-order valence-corrected chi connectivity index (χ2v) is 1.96. The van der Waals surface area contributed by atoms with Gasteiger partial charge < -0.3 is 15.6 Å². The summed E-state index contributed by atoms with van der Waals surface area (Å²) in [6.07, 6.45) is 1.20. The van der Waals surface area contributed by atoms with Crippen LogP contribution in [0.2, 0.25) is 0 Å². The maximum atomic E-state index is 10.1. The molecule has 1 aromatic rings. The summed E-state index contributed by atoms with van der Waals surface area (Å²) >= 11 is 0. The molecular formula is C6H7N3O3. The molecule has 6 nitrogen and oxygen atoms in total. The zero-order valence-corrected chi connectivity index (χ0v) is 6.10. The number of anilines is 1. The van der Waals surface area contributed by atoms with E-state index in [2.05, 4.69) is 9.97 Å². The lowest BCUT2D eigenvalue weighted by Crippen LogP contribution is -2.10. The van der Waals surface area contributed by atoms with Crippen LogP contribution in [-0.4, -0.2) is 27.7 Å². The zero-order chi connectivity index (χ0) is 8.97. The van der Waals surface area contributed by atoms with Gasteiger partial charge in [0, 0.05) is 6.07 Å². The van der Waals surface area contributed by atoms with Crippen molar-refractivity contribution in [3.05, 3.63) is 12.4 Å². The Kier molecular flexibility index (Phi) is 2.42. The maximum absolute atomic E-state index is 10.1. The Morgan fingerprint density at radius 3 is 3.00 bits per heavy atom. The molecule has 0 bridgehead atoms. The van der Waals surface area contributed by atoms with E-state index in [1.807, 2.05) is 0 Å². The molecule has 3 N–H and O–H groups in total. The molecule has 0 aliphatic heterocycles. The first-order chi connectivity index (χ1) is 5.68. The van der Waals surface area contributed by atoms with Crippen molar-refractivity contribution in [2.75, 3.05) is 12.3 Å². The molecule has 0 unspecified atom stereocenters. The van der Waals surface area contributed by atoms with Crippen molar-refractivity contribution >= 4 is 11.8 Å². The number of aromatic nitrogens is 2. The van der Waals surface area contributed by atoms with Gasteiger partial charge in [-0.05, 0) is 0 Å². The van der Waals surface area contributed by atoms with Gasteiger partial charge in [-0.3, -0.25) is 0 Å². The van der Waals surface area contributed by atoms with E-state index < -0.39 is 12.6 Å². The minimum absolute atomic E-state index is 0.157. The predicted octanol–water partition coefficient (Wildman–Crippen LogP) is -0.478. The number of nitrogens with zero attached hydrogens (tertiary/aromatic N) is 2. The van der Waals surface area contributed by atoms with Gasteiger partial charge in [-0.15, -0.1) is 0 Å². The van der Waals surface area contributed by atoms with Crippen molar-refractivity contribution < 1.29 is 14.6 Å². The smallest absolute Gasteiger partial charge is 0.341 e. The Balaban J connectivity index is 2.57. The quantitative estimate of drug-likeness (QED) is 0.634. The Bertz CT molecular complexity index is 289. The van der Waals surface area contributed by atoms with E-state index in [1.165, 1.54) is 12.4 Å². The molecule has 6 heteroatoms.